The topological polar surface area (TPSA) is 140 Å². The van der Waals surface area contributed by atoms with Crippen molar-refractivity contribution in [3.8, 4) is 0 Å². The van der Waals surface area contributed by atoms with Crippen LogP contribution in [-0.4, -0.2) is 53.1 Å². The SMILES string of the molecule is CC(C)(C)Nc1nnnn1[C@H]1C[C@H](n2ccc(=O)[nH]c2=O)O[C@@H]1CO. The molecule has 1 aliphatic heterocycles. The zero-order valence-corrected chi connectivity index (χ0v) is 14.2. The van der Waals surface area contributed by atoms with E-state index in [1.807, 2.05) is 20.8 Å². The van der Waals surface area contributed by atoms with E-state index in [1.165, 1.54) is 16.8 Å². The van der Waals surface area contributed by atoms with E-state index in [0.717, 1.165) is 0 Å². The molecule has 1 saturated heterocycles. The lowest BCUT2D eigenvalue weighted by atomic mass is 10.1. The molecule has 11 heteroatoms. The van der Waals surface area contributed by atoms with Crippen LogP contribution in [0.15, 0.2) is 21.9 Å². The molecule has 0 spiro atoms. The number of hydrogen-bond acceptors (Lipinski definition) is 8. The van der Waals surface area contributed by atoms with Gasteiger partial charge in [0, 0.05) is 24.2 Å². The van der Waals surface area contributed by atoms with E-state index < -0.39 is 23.6 Å². The van der Waals surface area contributed by atoms with Gasteiger partial charge in [0.1, 0.15) is 12.3 Å². The average molecular weight is 351 g/mol. The van der Waals surface area contributed by atoms with Gasteiger partial charge in [0.05, 0.1) is 12.6 Å². The van der Waals surface area contributed by atoms with Gasteiger partial charge in [0.2, 0.25) is 5.95 Å². The molecule has 25 heavy (non-hydrogen) atoms. The Labute approximate surface area is 142 Å². The molecular weight excluding hydrogens is 330 g/mol. The van der Waals surface area contributed by atoms with Gasteiger partial charge in [-0.15, -0.1) is 0 Å². The predicted molar refractivity (Wildman–Crippen MR) is 87.2 cm³/mol. The molecule has 3 heterocycles. The smallest absolute Gasteiger partial charge is 0.330 e. The number of nitrogens with zero attached hydrogens (tertiary/aromatic N) is 5. The molecule has 2 aromatic rings. The van der Waals surface area contributed by atoms with Crippen molar-refractivity contribution in [2.24, 2.45) is 0 Å². The number of H-pyrrole nitrogens is 1. The maximum atomic E-state index is 12.0. The number of anilines is 1. The van der Waals surface area contributed by atoms with E-state index in [2.05, 4.69) is 25.8 Å². The molecule has 0 aromatic carbocycles. The number of nitrogens with one attached hydrogen (secondary N) is 2. The second kappa shape index (κ2) is 6.41. The van der Waals surface area contributed by atoms with E-state index >= 15 is 0 Å². The van der Waals surface area contributed by atoms with E-state index in [9.17, 15) is 14.7 Å². The average Bonchev–Trinajstić information content (AvgIpc) is 3.11. The number of rotatable bonds is 4. The third-order valence-electron chi connectivity index (χ3n) is 3.84. The van der Waals surface area contributed by atoms with Crippen LogP contribution in [0.5, 0.6) is 0 Å². The molecule has 1 fully saturated rings. The van der Waals surface area contributed by atoms with Gasteiger partial charge in [-0.25, -0.2) is 9.48 Å². The first-order chi connectivity index (χ1) is 11.8. The summed E-state index contributed by atoms with van der Waals surface area (Å²) in [5.41, 5.74) is -1.30. The summed E-state index contributed by atoms with van der Waals surface area (Å²) >= 11 is 0. The lowest BCUT2D eigenvalue weighted by Gasteiger charge is -2.23. The van der Waals surface area contributed by atoms with Crippen LogP contribution in [0.3, 0.4) is 0 Å². The van der Waals surface area contributed by atoms with Crippen molar-refractivity contribution < 1.29 is 9.84 Å². The maximum absolute atomic E-state index is 12.0. The lowest BCUT2D eigenvalue weighted by molar-refractivity contribution is -0.0321. The molecule has 3 N–H and O–H groups in total. The minimum atomic E-state index is -0.641. The second-order valence-electron chi connectivity index (χ2n) is 6.95. The Morgan fingerprint density at radius 3 is 2.84 bits per heavy atom. The largest absolute Gasteiger partial charge is 0.394 e. The van der Waals surface area contributed by atoms with E-state index in [4.69, 9.17) is 4.74 Å². The minimum absolute atomic E-state index is 0.254. The van der Waals surface area contributed by atoms with Crippen molar-refractivity contribution in [3.63, 3.8) is 0 Å². The fourth-order valence-corrected chi connectivity index (χ4v) is 2.80. The zero-order chi connectivity index (χ0) is 18.2. The summed E-state index contributed by atoms with van der Waals surface area (Å²) in [6.45, 7) is 5.67. The van der Waals surface area contributed by atoms with Crippen molar-refractivity contribution in [1.82, 2.24) is 29.8 Å². The van der Waals surface area contributed by atoms with E-state index in [1.54, 1.807) is 4.68 Å². The summed E-state index contributed by atoms with van der Waals surface area (Å²) in [5.74, 6) is 0.453. The molecule has 1 aliphatic rings. The second-order valence-corrected chi connectivity index (χ2v) is 6.95. The zero-order valence-electron chi connectivity index (χ0n) is 14.2. The molecule has 0 saturated carbocycles. The molecule has 2 aromatic heterocycles. The first-order valence-electron chi connectivity index (χ1n) is 7.92. The van der Waals surface area contributed by atoms with Crippen molar-refractivity contribution in [2.75, 3.05) is 11.9 Å². The van der Waals surface area contributed by atoms with E-state index in [-0.39, 0.29) is 18.2 Å². The van der Waals surface area contributed by atoms with Gasteiger partial charge in [-0.1, -0.05) is 5.10 Å². The Kier molecular flexibility index (Phi) is 4.43. The number of aliphatic hydroxyl groups excluding tert-OH is 1. The number of ether oxygens (including phenoxy) is 1. The summed E-state index contributed by atoms with van der Waals surface area (Å²) < 4.78 is 8.63. The standard InChI is InChI=1S/C14H21N7O4/c1-14(2,3)16-12-17-18-19-21(12)8-6-11(25-9(8)7-22)20-5-4-10(23)15-13(20)24/h4-5,8-9,11,22H,6-7H2,1-3H3,(H,15,23,24)(H,16,17,19)/t8-,9+,11+/m0/s1. The fraction of sp³-hybridized carbons (Fsp3) is 0.643. The Morgan fingerprint density at radius 1 is 1.44 bits per heavy atom. The number of aromatic nitrogens is 6. The Bertz CT molecular complexity index is 850. The molecular formula is C14H21N7O4. The Hall–Kier alpha value is -2.53. The Morgan fingerprint density at radius 2 is 2.20 bits per heavy atom. The summed E-state index contributed by atoms with van der Waals surface area (Å²) in [5, 5.41) is 24.5. The molecule has 136 valence electrons. The summed E-state index contributed by atoms with van der Waals surface area (Å²) in [7, 11) is 0. The molecule has 0 radical (unpaired) electrons. The number of aliphatic hydroxyl groups is 1. The van der Waals surface area contributed by atoms with Crippen LogP contribution < -0.4 is 16.6 Å². The lowest BCUT2D eigenvalue weighted by Crippen LogP contribution is -2.31. The van der Waals surface area contributed by atoms with Gasteiger partial charge in [0.15, 0.2) is 0 Å². The van der Waals surface area contributed by atoms with Crippen LogP contribution in [0.2, 0.25) is 0 Å². The molecule has 3 rings (SSSR count). The highest BCUT2D eigenvalue weighted by Gasteiger charge is 2.39. The molecule has 0 aliphatic carbocycles. The fourth-order valence-electron chi connectivity index (χ4n) is 2.80. The molecule has 3 atom stereocenters. The van der Waals surface area contributed by atoms with Crippen molar-refractivity contribution >= 4 is 5.95 Å². The molecule has 0 bridgehead atoms. The summed E-state index contributed by atoms with van der Waals surface area (Å²) in [6, 6.07) is 0.879. The third kappa shape index (κ3) is 3.61. The van der Waals surface area contributed by atoms with Gasteiger partial charge in [-0.3, -0.25) is 14.3 Å². The van der Waals surface area contributed by atoms with Crippen LogP contribution in [0.1, 0.15) is 39.5 Å². The number of tetrazole rings is 1. The van der Waals surface area contributed by atoms with Gasteiger partial charge < -0.3 is 15.2 Å². The van der Waals surface area contributed by atoms with Crippen molar-refractivity contribution in [1.29, 1.82) is 0 Å². The monoisotopic (exact) mass is 351 g/mol. The highest BCUT2D eigenvalue weighted by atomic mass is 16.5. The van der Waals surface area contributed by atoms with Crippen LogP contribution in [0.4, 0.5) is 5.95 Å². The van der Waals surface area contributed by atoms with Gasteiger partial charge in [-0.05, 0) is 31.2 Å². The van der Waals surface area contributed by atoms with Crippen LogP contribution in [0, 0.1) is 0 Å². The summed E-state index contributed by atoms with van der Waals surface area (Å²) in [4.78, 5) is 25.4. The minimum Gasteiger partial charge on any atom is -0.394 e. The van der Waals surface area contributed by atoms with Crippen LogP contribution >= 0.6 is 0 Å². The third-order valence-corrected chi connectivity index (χ3v) is 3.84. The summed E-state index contributed by atoms with van der Waals surface area (Å²) in [6.07, 6.45) is 0.503. The van der Waals surface area contributed by atoms with Crippen LogP contribution in [0.25, 0.3) is 0 Å². The van der Waals surface area contributed by atoms with Gasteiger partial charge in [0.25, 0.3) is 5.56 Å². The highest BCUT2D eigenvalue weighted by Crippen LogP contribution is 2.36. The first-order valence-corrected chi connectivity index (χ1v) is 7.92. The van der Waals surface area contributed by atoms with Crippen molar-refractivity contribution in [2.45, 2.75) is 51.1 Å². The predicted octanol–water partition coefficient (Wildman–Crippen LogP) is -0.745. The Balaban J connectivity index is 1.89. The van der Waals surface area contributed by atoms with Crippen LogP contribution in [-0.2, 0) is 4.74 Å². The molecule has 11 nitrogen and oxygen atoms in total. The van der Waals surface area contributed by atoms with Crippen molar-refractivity contribution in [3.05, 3.63) is 33.1 Å². The normalized spacial score (nSPS) is 23.8. The maximum Gasteiger partial charge on any atom is 0.330 e. The number of hydrogen-bond donors (Lipinski definition) is 3. The molecule has 0 unspecified atom stereocenters. The first kappa shape index (κ1) is 17.3. The van der Waals surface area contributed by atoms with E-state index in [0.29, 0.717) is 12.4 Å². The quantitative estimate of drug-likeness (QED) is 0.654. The molecule has 0 amide bonds. The highest BCUT2D eigenvalue weighted by molar-refractivity contribution is 5.26. The number of aromatic amines is 1. The van der Waals surface area contributed by atoms with Gasteiger partial charge in [-0.2, -0.15) is 0 Å². The van der Waals surface area contributed by atoms with Gasteiger partial charge >= 0.3 is 5.69 Å².